The number of hydrogen-bond donors (Lipinski definition) is 0. The van der Waals surface area contributed by atoms with Crippen LogP contribution in [0.5, 0.6) is 5.75 Å². The Bertz CT molecular complexity index is 432. The van der Waals surface area contributed by atoms with Gasteiger partial charge in [-0.05, 0) is 30.7 Å². The van der Waals surface area contributed by atoms with Gasteiger partial charge in [0.2, 0.25) is 0 Å². The molecule has 1 unspecified atom stereocenters. The summed E-state index contributed by atoms with van der Waals surface area (Å²) in [6, 6.07) is 7.52. The lowest BCUT2D eigenvalue weighted by atomic mass is 9.94. The fourth-order valence-corrected chi connectivity index (χ4v) is 2.30. The quantitative estimate of drug-likeness (QED) is 0.581. The van der Waals surface area contributed by atoms with Crippen molar-refractivity contribution in [3.63, 3.8) is 0 Å². The summed E-state index contributed by atoms with van der Waals surface area (Å²) in [5.74, 6) is 0.756. The minimum atomic E-state index is -0.396. The predicted octanol–water partition coefficient (Wildman–Crippen LogP) is 1.81. The molecule has 1 saturated heterocycles. The first kappa shape index (κ1) is 13.8. The van der Waals surface area contributed by atoms with Crippen molar-refractivity contribution in [3.05, 3.63) is 24.3 Å². The van der Waals surface area contributed by atoms with Crippen molar-refractivity contribution in [1.82, 2.24) is 0 Å². The molecule has 104 valence electrons. The van der Waals surface area contributed by atoms with E-state index in [1.54, 1.807) is 19.1 Å². The molecule has 19 heavy (non-hydrogen) atoms. The Labute approximate surface area is 113 Å². The van der Waals surface area contributed by atoms with Crippen LogP contribution < -0.4 is 9.64 Å². The molecule has 0 N–H and O–H groups in total. The Morgan fingerprint density at radius 3 is 2.42 bits per heavy atom. The van der Waals surface area contributed by atoms with Crippen LogP contribution in [0.2, 0.25) is 0 Å². The lowest BCUT2D eigenvalue weighted by Crippen LogP contribution is -2.66. The van der Waals surface area contributed by atoms with E-state index in [9.17, 15) is 4.79 Å². The topological polar surface area (TPSA) is 48.0 Å². The highest BCUT2D eigenvalue weighted by molar-refractivity contribution is 6.04. The summed E-state index contributed by atoms with van der Waals surface area (Å²) in [6.45, 7) is 2.18. The fraction of sp³-hybridized carbons (Fsp3) is 0.500. The zero-order valence-electron chi connectivity index (χ0n) is 11.5. The lowest BCUT2D eigenvalue weighted by molar-refractivity contribution is -0.154. The fourth-order valence-electron chi connectivity index (χ4n) is 2.30. The highest BCUT2D eigenvalue weighted by Gasteiger charge is 2.47. The molecule has 0 saturated carbocycles. The van der Waals surface area contributed by atoms with Crippen molar-refractivity contribution in [2.45, 2.75) is 25.5 Å². The summed E-state index contributed by atoms with van der Waals surface area (Å²) in [4.78, 5) is 13.9. The second-order valence-electron chi connectivity index (χ2n) is 4.38. The van der Waals surface area contributed by atoms with Gasteiger partial charge >= 0.3 is 0 Å². The van der Waals surface area contributed by atoms with E-state index < -0.39 is 6.10 Å². The van der Waals surface area contributed by atoms with Crippen LogP contribution in [-0.4, -0.2) is 39.1 Å². The largest absolute Gasteiger partial charge is 0.497 e. The Morgan fingerprint density at radius 1 is 1.21 bits per heavy atom. The van der Waals surface area contributed by atoms with Gasteiger partial charge in [-0.15, -0.1) is 0 Å². The molecule has 1 aliphatic heterocycles. The number of benzene rings is 1. The van der Waals surface area contributed by atoms with Crippen molar-refractivity contribution in [1.29, 1.82) is 0 Å². The van der Waals surface area contributed by atoms with E-state index in [0.29, 0.717) is 0 Å². The standard InChI is InChI=1S/C14H19NO4/c1-4-12-13(19-9-17-2)14(16)15(12)10-5-7-11(18-3)8-6-10/h5-8,12-13H,4,9H2,1-3H3/t12?,13-/m1/s1. The van der Waals surface area contributed by atoms with Gasteiger partial charge in [-0.25, -0.2) is 0 Å². The number of methoxy groups -OCH3 is 2. The van der Waals surface area contributed by atoms with Gasteiger partial charge < -0.3 is 19.1 Å². The van der Waals surface area contributed by atoms with Crippen LogP contribution in [0.1, 0.15) is 13.3 Å². The van der Waals surface area contributed by atoms with Gasteiger partial charge in [0.1, 0.15) is 12.5 Å². The molecule has 0 spiro atoms. The van der Waals surface area contributed by atoms with Crippen LogP contribution in [0.25, 0.3) is 0 Å². The minimum absolute atomic E-state index is 0.0194. The average Bonchev–Trinajstić information content (AvgIpc) is 2.45. The van der Waals surface area contributed by atoms with Crippen molar-refractivity contribution < 1.29 is 19.0 Å². The smallest absolute Gasteiger partial charge is 0.258 e. The third kappa shape index (κ3) is 2.57. The van der Waals surface area contributed by atoms with E-state index in [1.165, 1.54) is 0 Å². The van der Waals surface area contributed by atoms with E-state index in [4.69, 9.17) is 14.2 Å². The Balaban J connectivity index is 2.09. The number of nitrogens with zero attached hydrogens (tertiary/aromatic N) is 1. The van der Waals surface area contributed by atoms with E-state index >= 15 is 0 Å². The molecular formula is C14H19NO4. The molecule has 0 aliphatic carbocycles. The summed E-state index contributed by atoms with van der Waals surface area (Å²) in [7, 11) is 3.17. The molecule has 0 bridgehead atoms. The highest BCUT2D eigenvalue weighted by atomic mass is 16.7. The second-order valence-corrected chi connectivity index (χ2v) is 4.38. The lowest BCUT2D eigenvalue weighted by Gasteiger charge is -2.46. The molecule has 5 nitrogen and oxygen atoms in total. The normalized spacial score (nSPS) is 22.3. The SMILES string of the molecule is CCC1[C@@H](OCOC)C(=O)N1c1ccc(OC)cc1. The van der Waals surface area contributed by atoms with Gasteiger partial charge in [-0.3, -0.25) is 4.79 Å². The molecular weight excluding hydrogens is 246 g/mol. The van der Waals surface area contributed by atoms with E-state index in [0.717, 1.165) is 17.9 Å². The third-order valence-corrected chi connectivity index (χ3v) is 3.30. The summed E-state index contributed by atoms with van der Waals surface area (Å²) >= 11 is 0. The Hall–Kier alpha value is -1.59. The third-order valence-electron chi connectivity index (χ3n) is 3.30. The number of rotatable bonds is 6. The molecule has 1 aliphatic rings. The number of amides is 1. The highest BCUT2D eigenvalue weighted by Crippen LogP contribution is 2.32. The molecule has 2 atom stereocenters. The van der Waals surface area contributed by atoms with Crippen molar-refractivity contribution >= 4 is 11.6 Å². The molecule has 1 heterocycles. The Kier molecular flexibility index (Phi) is 4.39. The monoisotopic (exact) mass is 265 g/mol. The zero-order valence-corrected chi connectivity index (χ0v) is 11.5. The molecule has 0 aromatic heterocycles. The number of carbonyl (C=O) groups is 1. The molecule has 2 rings (SSSR count). The molecule has 1 aromatic rings. The van der Waals surface area contributed by atoms with Crippen LogP contribution in [-0.2, 0) is 14.3 Å². The van der Waals surface area contributed by atoms with Crippen LogP contribution >= 0.6 is 0 Å². The maximum absolute atomic E-state index is 12.1. The second kappa shape index (κ2) is 6.04. The van der Waals surface area contributed by atoms with Crippen molar-refractivity contribution in [2.24, 2.45) is 0 Å². The first-order valence-corrected chi connectivity index (χ1v) is 6.30. The van der Waals surface area contributed by atoms with E-state index in [2.05, 4.69) is 0 Å². The van der Waals surface area contributed by atoms with Gasteiger partial charge in [0.15, 0.2) is 6.10 Å². The first-order valence-electron chi connectivity index (χ1n) is 6.30. The van der Waals surface area contributed by atoms with Crippen LogP contribution in [0, 0.1) is 0 Å². The zero-order chi connectivity index (χ0) is 13.8. The molecule has 1 amide bonds. The number of hydrogen-bond acceptors (Lipinski definition) is 4. The van der Waals surface area contributed by atoms with Crippen LogP contribution in [0.3, 0.4) is 0 Å². The summed E-state index contributed by atoms with van der Waals surface area (Å²) in [6.07, 6.45) is 0.443. The van der Waals surface area contributed by atoms with Gasteiger partial charge in [0, 0.05) is 12.8 Å². The van der Waals surface area contributed by atoms with Gasteiger partial charge in [0.25, 0.3) is 5.91 Å². The van der Waals surface area contributed by atoms with E-state index in [1.807, 2.05) is 31.2 Å². The average molecular weight is 265 g/mol. The van der Waals surface area contributed by atoms with Crippen molar-refractivity contribution in [2.75, 3.05) is 25.9 Å². The predicted molar refractivity (Wildman–Crippen MR) is 71.3 cm³/mol. The minimum Gasteiger partial charge on any atom is -0.497 e. The molecule has 1 aromatic carbocycles. The Morgan fingerprint density at radius 2 is 1.89 bits per heavy atom. The van der Waals surface area contributed by atoms with Gasteiger partial charge in [0.05, 0.1) is 13.2 Å². The van der Waals surface area contributed by atoms with Crippen molar-refractivity contribution in [3.8, 4) is 5.75 Å². The number of β-lactam (4-membered cyclic amide) rings is 1. The molecule has 5 heteroatoms. The van der Waals surface area contributed by atoms with Gasteiger partial charge in [-0.2, -0.15) is 0 Å². The maximum Gasteiger partial charge on any atom is 0.258 e. The summed E-state index contributed by atoms with van der Waals surface area (Å²) in [5.41, 5.74) is 0.870. The molecule has 0 radical (unpaired) electrons. The van der Waals surface area contributed by atoms with E-state index in [-0.39, 0.29) is 18.7 Å². The summed E-state index contributed by atoms with van der Waals surface area (Å²) in [5, 5.41) is 0. The summed E-state index contributed by atoms with van der Waals surface area (Å²) < 4.78 is 15.4. The number of carbonyl (C=O) groups excluding carboxylic acids is 1. The number of ether oxygens (including phenoxy) is 3. The van der Waals surface area contributed by atoms with Crippen LogP contribution in [0.4, 0.5) is 5.69 Å². The van der Waals surface area contributed by atoms with Gasteiger partial charge in [-0.1, -0.05) is 6.92 Å². The van der Waals surface area contributed by atoms with Crippen LogP contribution in [0.15, 0.2) is 24.3 Å². The maximum atomic E-state index is 12.1. The first-order chi connectivity index (χ1) is 9.22. The molecule has 1 fully saturated rings. The number of anilines is 1.